The van der Waals surface area contributed by atoms with Crippen molar-refractivity contribution in [1.82, 2.24) is 4.31 Å². The average molecular weight is 309 g/mol. The van der Waals surface area contributed by atoms with Gasteiger partial charge in [-0.05, 0) is 24.6 Å². The molecule has 1 aliphatic rings. The van der Waals surface area contributed by atoms with E-state index in [0.29, 0.717) is 24.3 Å². The number of nitriles is 1. The first kappa shape index (κ1) is 15.9. The lowest BCUT2D eigenvalue weighted by Gasteiger charge is -2.33. The predicted octanol–water partition coefficient (Wildman–Crippen LogP) is 0.436. The summed E-state index contributed by atoms with van der Waals surface area (Å²) in [5.41, 5.74) is 6.96. The molecule has 0 aliphatic carbocycles. The monoisotopic (exact) mass is 309 g/mol. The number of nitrogens with two attached hydrogens (primary N) is 1. The van der Waals surface area contributed by atoms with Gasteiger partial charge < -0.3 is 10.5 Å². The van der Waals surface area contributed by atoms with Gasteiger partial charge in [0.2, 0.25) is 10.0 Å². The average Bonchev–Trinajstić information content (AvgIpc) is 2.48. The molecule has 6 nitrogen and oxygen atoms in total. The van der Waals surface area contributed by atoms with Gasteiger partial charge >= 0.3 is 0 Å². The van der Waals surface area contributed by atoms with E-state index in [1.807, 2.05) is 6.07 Å². The lowest BCUT2D eigenvalue weighted by molar-refractivity contribution is -0.0120. The van der Waals surface area contributed by atoms with Crippen molar-refractivity contribution in [3.05, 3.63) is 35.4 Å². The van der Waals surface area contributed by atoms with Gasteiger partial charge in [-0.15, -0.1) is 0 Å². The molecule has 2 unspecified atom stereocenters. The Hall–Kier alpha value is -1.46. The molecule has 1 fully saturated rings. The Morgan fingerprint density at radius 3 is 2.71 bits per heavy atom. The van der Waals surface area contributed by atoms with Crippen molar-refractivity contribution in [3.8, 4) is 6.07 Å². The van der Waals surface area contributed by atoms with E-state index in [1.165, 1.54) is 4.31 Å². The fourth-order valence-corrected chi connectivity index (χ4v) is 3.72. The van der Waals surface area contributed by atoms with Crippen LogP contribution in [0.4, 0.5) is 0 Å². The quantitative estimate of drug-likeness (QED) is 0.870. The van der Waals surface area contributed by atoms with E-state index in [1.54, 1.807) is 31.2 Å². The summed E-state index contributed by atoms with van der Waals surface area (Å²) in [7, 11) is -3.41. The molecule has 0 aromatic heterocycles. The highest BCUT2D eigenvalue weighted by Crippen LogP contribution is 2.16. The summed E-state index contributed by atoms with van der Waals surface area (Å²) < 4.78 is 31.8. The minimum absolute atomic E-state index is 0.0790. The van der Waals surface area contributed by atoms with Crippen LogP contribution in [0.2, 0.25) is 0 Å². The molecule has 1 aromatic rings. The number of sulfonamides is 1. The van der Waals surface area contributed by atoms with Crippen molar-refractivity contribution < 1.29 is 13.2 Å². The molecule has 114 valence electrons. The zero-order chi connectivity index (χ0) is 15.5. The molecule has 2 rings (SSSR count). The molecule has 0 spiro atoms. The minimum atomic E-state index is -3.41. The van der Waals surface area contributed by atoms with E-state index in [4.69, 9.17) is 15.7 Å². The summed E-state index contributed by atoms with van der Waals surface area (Å²) >= 11 is 0. The fourth-order valence-electron chi connectivity index (χ4n) is 2.20. The van der Waals surface area contributed by atoms with Crippen molar-refractivity contribution >= 4 is 10.0 Å². The van der Waals surface area contributed by atoms with Gasteiger partial charge in [0, 0.05) is 19.1 Å². The lowest BCUT2D eigenvalue weighted by atomic mass is 10.2. The molecule has 0 bridgehead atoms. The number of ether oxygens (including phenoxy) is 1. The Kier molecular flexibility index (Phi) is 4.96. The fraction of sp³-hybridized carbons (Fsp3) is 0.500. The van der Waals surface area contributed by atoms with Gasteiger partial charge in [-0.1, -0.05) is 12.1 Å². The molecular weight excluding hydrogens is 290 g/mol. The van der Waals surface area contributed by atoms with Crippen LogP contribution >= 0.6 is 0 Å². The van der Waals surface area contributed by atoms with Gasteiger partial charge in [-0.25, -0.2) is 8.42 Å². The van der Waals surface area contributed by atoms with Crippen molar-refractivity contribution in [2.45, 2.75) is 24.8 Å². The highest BCUT2D eigenvalue weighted by molar-refractivity contribution is 7.88. The second-order valence-electron chi connectivity index (χ2n) is 5.19. The van der Waals surface area contributed by atoms with E-state index in [9.17, 15) is 8.42 Å². The molecule has 1 aromatic carbocycles. The van der Waals surface area contributed by atoms with Gasteiger partial charge in [0.15, 0.2) is 0 Å². The maximum absolute atomic E-state index is 12.4. The third-order valence-corrected chi connectivity index (χ3v) is 5.28. The molecule has 1 aliphatic heterocycles. The van der Waals surface area contributed by atoms with Crippen molar-refractivity contribution in [1.29, 1.82) is 5.26 Å². The van der Waals surface area contributed by atoms with Crippen LogP contribution in [0, 0.1) is 11.3 Å². The van der Waals surface area contributed by atoms with Crippen molar-refractivity contribution in [2.24, 2.45) is 5.73 Å². The van der Waals surface area contributed by atoms with Gasteiger partial charge in [-0.2, -0.15) is 9.57 Å². The number of rotatable bonds is 4. The van der Waals surface area contributed by atoms with Gasteiger partial charge in [0.25, 0.3) is 0 Å². The Labute approximate surface area is 125 Å². The summed E-state index contributed by atoms with van der Waals surface area (Å²) in [5.74, 6) is -0.0790. The zero-order valence-corrected chi connectivity index (χ0v) is 12.7. The molecule has 0 radical (unpaired) electrons. The molecular formula is C14H19N3O3S. The highest BCUT2D eigenvalue weighted by atomic mass is 32.2. The molecule has 0 saturated carbocycles. The molecule has 1 saturated heterocycles. The number of hydrogen-bond acceptors (Lipinski definition) is 5. The van der Waals surface area contributed by atoms with Crippen LogP contribution in [0.3, 0.4) is 0 Å². The SMILES string of the molecule is CC(N)C1CN(S(=O)(=O)Cc2ccc(C#N)cc2)CCO1. The second-order valence-corrected chi connectivity index (χ2v) is 7.16. The third kappa shape index (κ3) is 4.02. The van der Waals surface area contributed by atoms with Crippen LogP contribution < -0.4 is 5.73 Å². The van der Waals surface area contributed by atoms with Crippen LogP contribution in [0.15, 0.2) is 24.3 Å². The topological polar surface area (TPSA) is 96.4 Å². The van der Waals surface area contributed by atoms with E-state index in [2.05, 4.69) is 0 Å². The van der Waals surface area contributed by atoms with Gasteiger partial charge in [0.1, 0.15) is 0 Å². The molecule has 2 N–H and O–H groups in total. The van der Waals surface area contributed by atoms with E-state index < -0.39 is 10.0 Å². The molecule has 0 amide bonds. The summed E-state index contributed by atoms with van der Waals surface area (Å²) in [6.45, 7) is 2.80. The molecule has 2 atom stereocenters. The first-order chi connectivity index (χ1) is 9.92. The number of nitrogens with zero attached hydrogens (tertiary/aromatic N) is 2. The van der Waals surface area contributed by atoms with Crippen LogP contribution in [-0.4, -0.2) is 44.6 Å². The summed E-state index contributed by atoms with van der Waals surface area (Å²) in [5, 5.41) is 8.74. The minimum Gasteiger partial charge on any atom is -0.374 e. The Balaban J connectivity index is 2.08. The van der Waals surface area contributed by atoms with Crippen molar-refractivity contribution in [2.75, 3.05) is 19.7 Å². The summed E-state index contributed by atoms with van der Waals surface area (Å²) in [4.78, 5) is 0. The first-order valence-electron chi connectivity index (χ1n) is 6.76. The summed E-state index contributed by atoms with van der Waals surface area (Å²) in [6, 6.07) is 8.37. The van der Waals surface area contributed by atoms with Gasteiger partial charge in [0.05, 0.1) is 30.1 Å². The smallest absolute Gasteiger partial charge is 0.218 e. The van der Waals surface area contributed by atoms with E-state index in [0.717, 1.165) is 0 Å². The largest absolute Gasteiger partial charge is 0.374 e. The van der Waals surface area contributed by atoms with Crippen LogP contribution in [0.5, 0.6) is 0 Å². The number of morpholine rings is 1. The van der Waals surface area contributed by atoms with E-state index >= 15 is 0 Å². The standard InChI is InChI=1S/C14H19N3O3S/c1-11(16)14-9-17(6-7-20-14)21(18,19)10-13-4-2-12(8-15)3-5-13/h2-5,11,14H,6-7,9-10,16H2,1H3. The Morgan fingerprint density at radius 1 is 1.48 bits per heavy atom. The van der Waals surface area contributed by atoms with Gasteiger partial charge in [-0.3, -0.25) is 0 Å². The maximum atomic E-state index is 12.4. The lowest BCUT2D eigenvalue weighted by Crippen LogP contribution is -2.51. The zero-order valence-electron chi connectivity index (χ0n) is 11.9. The predicted molar refractivity (Wildman–Crippen MR) is 78.7 cm³/mol. The van der Waals surface area contributed by atoms with Crippen LogP contribution in [0.1, 0.15) is 18.1 Å². The van der Waals surface area contributed by atoms with E-state index in [-0.39, 0.29) is 24.4 Å². The molecule has 1 heterocycles. The number of benzene rings is 1. The molecule has 7 heteroatoms. The highest BCUT2D eigenvalue weighted by Gasteiger charge is 2.31. The second kappa shape index (κ2) is 6.54. The Bertz CT molecular complexity index is 620. The molecule has 21 heavy (non-hydrogen) atoms. The maximum Gasteiger partial charge on any atom is 0.218 e. The normalized spacial score (nSPS) is 21.7. The van der Waals surface area contributed by atoms with Crippen LogP contribution in [-0.2, 0) is 20.5 Å². The first-order valence-corrected chi connectivity index (χ1v) is 8.37. The third-order valence-electron chi connectivity index (χ3n) is 3.47. The Morgan fingerprint density at radius 2 is 2.14 bits per heavy atom. The van der Waals surface area contributed by atoms with Crippen molar-refractivity contribution in [3.63, 3.8) is 0 Å². The van der Waals surface area contributed by atoms with Crippen LogP contribution in [0.25, 0.3) is 0 Å². The number of hydrogen-bond donors (Lipinski definition) is 1. The summed E-state index contributed by atoms with van der Waals surface area (Å²) in [6.07, 6.45) is -0.269.